The lowest BCUT2D eigenvalue weighted by molar-refractivity contribution is -0.144. The maximum absolute atomic E-state index is 14.2. The van der Waals surface area contributed by atoms with Crippen molar-refractivity contribution in [3.8, 4) is 5.75 Å². The van der Waals surface area contributed by atoms with Gasteiger partial charge in [-0.2, -0.15) is 0 Å². The van der Waals surface area contributed by atoms with Gasteiger partial charge in [-0.25, -0.2) is 0 Å². The standard InChI is InChI=1S/C41H62N10O9/c1-6-23(3)20-33(54)46-25(5)36(56)49-30-22-45-32(53)17-14-27(21-26-12-15-28(52)16-13-26)47-38(58)34(24(4)7-2)50-39(59)35(55)29(10-8-18-44-41(42)43)48-37(57)31-11-9-19-51(31)40(30)60/h12-17,23-25,27,29-31,34,52H,6-11,18-22H2,1-5H3,(H,45,53)(H,46,54)(H,47,58)(H,48,57)(H,49,56)(H,50,59)(H4,42,43,44)/b17-14+. The normalized spacial score (nSPS) is 24.1. The molecule has 2 aliphatic rings. The van der Waals surface area contributed by atoms with E-state index in [1.165, 1.54) is 30.0 Å². The molecule has 1 aromatic carbocycles. The van der Waals surface area contributed by atoms with Gasteiger partial charge in [0.15, 0.2) is 5.96 Å². The monoisotopic (exact) mass is 838 g/mol. The summed E-state index contributed by atoms with van der Waals surface area (Å²) in [6, 6.07) is -0.815. The van der Waals surface area contributed by atoms with Crippen molar-refractivity contribution >= 4 is 53.1 Å². The van der Waals surface area contributed by atoms with E-state index in [2.05, 4.69) is 36.9 Å². The number of nitrogens with one attached hydrogen (secondary N) is 6. The molecule has 2 aliphatic heterocycles. The second-order valence-electron chi connectivity index (χ2n) is 15.6. The largest absolute Gasteiger partial charge is 0.508 e. The van der Waals surface area contributed by atoms with Crippen LogP contribution in [-0.2, 0) is 44.8 Å². The molecule has 0 saturated carbocycles. The van der Waals surface area contributed by atoms with Gasteiger partial charge >= 0.3 is 0 Å². The Labute approximate surface area is 350 Å². The molecule has 330 valence electrons. The van der Waals surface area contributed by atoms with Gasteiger partial charge < -0.3 is 53.4 Å². The zero-order valence-corrected chi connectivity index (χ0v) is 35.1. The number of Topliss-reactive ketones (excluding diaryl/α,β-unsaturated/α-hetero) is 1. The average Bonchev–Trinajstić information content (AvgIpc) is 3.71. The van der Waals surface area contributed by atoms with Crippen LogP contribution >= 0.6 is 0 Å². The Bertz CT molecular complexity index is 1760. The second kappa shape index (κ2) is 23.5. The number of carbonyl (C=O) groups is 8. The van der Waals surface area contributed by atoms with Crippen LogP contribution in [0.2, 0.25) is 0 Å². The summed E-state index contributed by atoms with van der Waals surface area (Å²) in [5.41, 5.74) is 11.6. The van der Waals surface area contributed by atoms with E-state index in [4.69, 9.17) is 11.5 Å². The zero-order valence-electron chi connectivity index (χ0n) is 35.1. The summed E-state index contributed by atoms with van der Waals surface area (Å²) >= 11 is 0. The molecule has 1 aromatic rings. The van der Waals surface area contributed by atoms with E-state index in [0.717, 1.165) is 12.5 Å². The lowest BCUT2D eigenvalue weighted by Crippen LogP contribution is -2.60. The predicted octanol–water partition coefficient (Wildman–Crippen LogP) is -0.839. The quantitative estimate of drug-likeness (QED) is 0.0482. The van der Waals surface area contributed by atoms with Crippen LogP contribution in [0.4, 0.5) is 0 Å². The van der Waals surface area contributed by atoms with Crippen LogP contribution in [0.25, 0.3) is 0 Å². The van der Waals surface area contributed by atoms with Crippen molar-refractivity contribution in [3.05, 3.63) is 42.0 Å². The number of aromatic hydroxyl groups is 1. The number of amides is 7. The number of nitrogens with two attached hydrogens (primary N) is 2. The van der Waals surface area contributed by atoms with Gasteiger partial charge in [-0.1, -0.05) is 58.7 Å². The summed E-state index contributed by atoms with van der Waals surface area (Å²) in [7, 11) is 0. The van der Waals surface area contributed by atoms with Gasteiger partial charge in [0.05, 0.1) is 12.1 Å². The molecule has 8 unspecified atom stereocenters. The van der Waals surface area contributed by atoms with Gasteiger partial charge in [0.1, 0.15) is 29.9 Å². The van der Waals surface area contributed by atoms with Crippen LogP contribution in [0.3, 0.4) is 0 Å². The number of fused-ring (bicyclic) bond motifs is 1. The molecule has 8 atom stereocenters. The molecule has 19 nitrogen and oxygen atoms in total. The van der Waals surface area contributed by atoms with Crippen molar-refractivity contribution in [3.63, 3.8) is 0 Å². The number of carbonyl (C=O) groups excluding carboxylic acids is 8. The van der Waals surface area contributed by atoms with Crippen LogP contribution in [0.5, 0.6) is 5.75 Å². The molecule has 0 aromatic heterocycles. The topological polar surface area (TPSA) is 297 Å². The van der Waals surface area contributed by atoms with E-state index in [1.54, 1.807) is 26.0 Å². The smallest absolute Gasteiger partial charge is 0.290 e. The molecule has 7 amide bonds. The van der Waals surface area contributed by atoms with Gasteiger partial charge in [-0.05, 0) is 68.6 Å². The summed E-state index contributed by atoms with van der Waals surface area (Å²) in [4.78, 5) is 114. The zero-order chi connectivity index (χ0) is 44.5. The number of rotatable bonds is 14. The van der Waals surface area contributed by atoms with E-state index in [1.807, 2.05) is 13.8 Å². The number of hydrogen-bond donors (Lipinski definition) is 9. The second-order valence-corrected chi connectivity index (χ2v) is 15.6. The lowest BCUT2D eigenvalue weighted by atomic mass is 9.96. The van der Waals surface area contributed by atoms with Gasteiger partial charge in [-0.15, -0.1) is 0 Å². The minimum Gasteiger partial charge on any atom is -0.508 e. The van der Waals surface area contributed by atoms with E-state index in [-0.39, 0.29) is 68.7 Å². The number of phenolic OH excluding ortho intramolecular Hbond substituents is 1. The minimum atomic E-state index is -1.40. The van der Waals surface area contributed by atoms with Gasteiger partial charge in [0.25, 0.3) is 5.91 Å². The number of ketones is 1. The highest BCUT2D eigenvalue weighted by molar-refractivity contribution is 6.38. The summed E-state index contributed by atoms with van der Waals surface area (Å²) in [5.74, 6) is -6.55. The Morgan fingerprint density at radius 1 is 0.967 bits per heavy atom. The molecular weight excluding hydrogens is 777 g/mol. The minimum absolute atomic E-state index is 0.0208. The molecule has 60 heavy (non-hydrogen) atoms. The van der Waals surface area contributed by atoms with Gasteiger partial charge in [0, 0.05) is 32.1 Å². The highest BCUT2D eigenvalue weighted by atomic mass is 16.3. The number of benzene rings is 1. The number of phenols is 1. The molecule has 0 spiro atoms. The molecule has 0 bridgehead atoms. The maximum Gasteiger partial charge on any atom is 0.290 e. The summed E-state index contributed by atoms with van der Waals surface area (Å²) < 4.78 is 0. The first-order chi connectivity index (χ1) is 28.4. The highest BCUT2D eigenvalue weighted by Gasteiger charge is 2.40. The van der Waals surface area contributed by atoms with Crippen molar-refractivity contribution in [1.29, 1.82) is 0 Å². The molecule has 0 radical (unpaired) electrons. The first-order valence-corrected chi connectivity index (χ1v) is 20.6. The SMILES string of the molecule is CCC(C)CC(=O)NC(C)C(=O)NC1CNC(=O)/C=C/C(Cc2ccc(O)cc2)NC(=O)C(C(C)CC)NC(=O)C(=O)C(CCCN=C(N)N)NC(=O)C2CCCN2C1=O. The third kappa shape index (κ3) is 15.0. The first kappa shape index (κ1) is 48.4. The number of nitrogens with zero attached hydrogens (tertiary/aromatic N) is 2. The molecule has 1 saturated heterocycles. The van der Waals surface area contributed by atoms with E-state index >= 15 is 0 Å². The van der Waals surface area contributed by atoms with Crippen LogP contribution in [-0.4, -0.2) is 119 Å². The lowest BCUT2D eigenvalue weighted by Gasteiger charge is -2.30. The number of guanidine groups is 1. The summed E-state index contributed by atoms with van der Waals surface area (Å²) in [6.07, 6.45) is 4.78. The van der Waals surface area contributed by atoms with E-state index in [0.29, 0.717) is 18.4 Å². The third-order valence-corrected chi connectivity index (χ3v) is 10.7. The van der Waals surface area contributed by atoms with Crippen LogP contribution < -0.4 is 43.4 Å². The summed E-state index contributed by atoms with van der Waals surface area (Å²) in [6.45, 7) is 8.59. The Morgan fingerprint density at radius 3 is 2.32 bits per heavy atom. The fourth-order valence-corrected chi connectivity index (χ4v) is 6.73. The fourth-order valence-electron chi connectivity index (χ4n) is 6.73. The molecule has 2 heterocycles. The Morgan fingerprint density at radius 2 is 1.67 bits per heavy atom. The van der Waals surface area contributed by atoms with Crippen molar-refractivity contribution in [2.75, 3.05) is 19.6 Å². The molecule has 11 N–H and O–H groups in total. The number of aliphatic imine (C=N–C) groups is 1. The number of hydrogen-bond acceptors (Lipinski definition) is 10. The van der Waals surface area contributed by atoms with Crippen molar-refractivity contribution < 1.29 is 43.5 Å². The Hall–Kier alpha value is -6.01. The van der Waals surface area contributed by atoms with Crippen LogP contribution in [0, 0.1) is 11.8 Å². The van der Waals surface area contributed by atoms with Crippen LogP contribution in [0.1, 0.15) is 85.1 Å². The van der Waals surface area contributed by atoms with Crippen molar-refractivity contribution in [2.24, 2.45) is 28.3 Å². The molecule has 3 rings (SSSR count). The molecule has 0 aliphatic carbocycles. The maximum atomic E-state index is 14.2. The Balaban J connectivity index is 2.05. The third-order valence-electron chi connectivity index (χ3n) is 10.7. The molecule has 19 heteroatoms. The molecule has 1 fully saturated rings. The van der Waals surface area contributed by atoms with Crippen molar-refractivity contribution in [2.45, 2.75) is 122 Å². The van der Waals surface area contributed by atoms with Gasteiger partial charge in [0.2, 0.25) is 41.2 Å². The van der Waals surface area contributed by atoms with E-state index < -0.39 is 89.9 Å². The molecular formula is C41H62N10O9. The van der Waals surface area contributed by atoms with Gasteiger partial charge in [-0.3, -0.25) is 43.3 Å². The highest BCUT2D eigenvalue weighted by Crippen LogP contribution is 2.20. The van der Waals surface area contributed by atoms with Crippen LogP contribution in [0.15, 0.2) is 41.4 Å². The Kier molecular flexibility index (Phi) is 19.0. The first-order valence-electron chi connectivity index (χ1n) is 20.6. The van der Waals surface area contributed by atoms with Crippen molar-refractivity contribution in [1.82, 2.24) is 36.8 Å². The van der Waals surface area contributed by atoms with E-state index in [9.17, 15) is 43.5 Å². The fraction of sp³-hybridized carbons (Fsp3) is 0.585. The predicted molar refractivity (Wildman–Crippen MR) is 222 cm³/mol. The summed E-state index contributed by atoms with van der Waals surface area (Å²) in [5, 5.41) is 25.7. The average molecular weight is 839 g/mol.